The first-order valence-corrected chi connectivity index (χ1v) is 24.1. The molecule has 1 unspecified atom stereocenters. The van der Waals surface area contributed by atoms with Crippen LogP contribution in [0.5, 0.6) is 0 Å². The lowest BCUT2D eigenvalue weighted by atomic mass is 10.0. The average molecular weight is 866 g/mol. The van der Waals surface area contributed by atoms with Crippen LogP contribution < -0.4 is 5.73 Å². The summed E-state index contributed by atoms with van der Waals surface area (Å²) in [6.45, 7) is 7.55. The number of carbonyl (C=O) groups is 2. The number of aliphatic hydroxyl groups is 2. The molecule has 1 heterocycles. The minimum atomic E-state index is -4.46. The second-order valence-corrected chi connectivity index (χ2v) is 16.9. The Balaban J connectivity index is 2.36. The number of phosphoric ester groups is 1. The third kappa shape index (κ3) is 28.7. The van der Waals surface area contributed by atoms with Gasteiger partial charge in [0.2, 0.25) is 0 Å². The molecular weight excluding hydrogens is 785 g/mol. The van der Waals surface area contributed by atoms with Gasteiger partial charge in [0.05, 0.1) is 25.4 Å². The third-order valence-corrected chi connectivity index (χ3v) is 11.1. The van der Waals surface area contributed by atoms with Crippen molar-refractivity contribution in [2.75, 3.05) is 26.4 Å². The molecule has 0 fully saturated rings. The maximum Gasteiger partial charge on any atom is 0.472 e. The molecule has 0 amide bonds. The first-order chi connectivity index (χ1) is 28.9. The van der Waals surface area contributed by atoms with Gasteiger partial charge in [-0.1, -0.05) is 114 Å². The number of hydrogen-bond acceptors (Lipinski definition) is 11. The fraction of sp³-hybridized carbons (Fsp3) is 0.702. The summed E-state index contributed by atoms with van der Waals surface area (Å²) in [5.74, 6) is 1.15. The molecule has 0 aliphatic rings. The molecule has 1 rings (SSSR count). The van der Waals surface area contributed by atoms with Crippen molar-refractivity contribution in [3.63, 3.8) is 0 Å². The third-order valence-electron chi connectivity index (χ3n) is 10.1. The van der Waals surface area contributed by atoms with Gasteiger partial charge in [0, 0.05) is 32.2 Å². The number of hydrogen-bond donors (Lipinski definition) is 4. The summed E-state index contributed by atoms with van der Waals surface area (Å²) >= 11 is 0. The first kappa shape index (κ1) is 55.2. The van der Waals surface area contributed by atoms with E-state index in [4.69, 9.17) is 28.7 Å². The molecule has 344 valence electrons. The zero-order valence-corrected chi connectivity index (χ0v) is 38.3. The molecule has 4 atom stereocenters. The Bertz CT molecular complexity index is 1440. The number of furan rings is 1. The summed E-state index contributed by atoms with van der Waals surface area (Å²) in [7, 11) is -4.46. The molecule has 0 spiro atoms. The van der Waals surface area contributed by atoms with E-state index in [0.29, 0.717) is 6.42 Å². The van der Waals surface area contributed by atoms with Crippen LogP contribution in [-0.2, 0) is 45.5 Å². The number of phosphoric acid groups is 1. The van der Waals surface area contributed by atoms with Crippen molar-refractivity contribution in [3.8, 4) is 0 Å². The molecule has 0 saturated heterocycles. The Morgan fingerprint density at radius 1 is 0.683 bits per heavy atom. The number of ether oxygens (including phenoxy) is 2. The van der Waals surface area contributed by atoms with Crippen molar-refractivity contribution in [1.29, 1.82) is 0 Å². The van der Waals surface area contributed by atoms with E-state index in [-0.39, 0.29) is 45.3 Å². The maximum atomic E-state index is 12.7. The van der Waals surface area contributed by atoms with Crippen LogP contribution in [0.25, 0.3) is 0 Å². The van der Waals surface area contributed by atoms with Gasteiger partial charge in [-0.25, -0.2) is 4.57 Å². The van der Waals surface area contributed by atoms with Gasteiger partial charge in [-0.15, -0.1) is 0 Å². The number of allylic oxidation sites excluding steroid dienone is 7. The summed E-state index contributed by atoms with van der Waals surface area (Å²) in [4.78, 5) is 35.1. The predicted molar refractivity (Wildman–Crippen MR) is 239 cm³/mol. The summed E-state index contributed by atoms with van der Waals surface area (Å²) < 4.78 is 38.9. The zero-order chi connectivity index (χ0) is 44.3. The van der Waals surface area contributed by atoms with E-state index in [1.165, 1.54) is 30.4 Å². The van der Waals surface area contributed by atoms with E-state index in [2.05, 4.69) is 58.1 Å². The lowest BCUT2D eigenvalue weighted by Crippen LogP contribution is -2.30. The fourth-order valence-electron chi connectivity index (χ4n) is 6.37. The summed E-state index contributed by atoms with van der Waals surface area (Å²) in [6, 6.07) is 0. The lowest BCUT2D eigenvalue weighted by molar-refractivity contribution is -0.161. The highest BCUT2D eigenvalue weighted by atomic mass is 31.2. The molecule has 0 aliphatic heterocycles. The second-order valence-electron chi connectivity index (χ2n) is 15.4. The fourth-order valence-corrected chi connectivity index (χ4v) is 7.14. The highest BCUT2D eigenvalue weighted by Gasteiger charge is 2.26. The standard InChI is InChI=1S/C47H80NO11P/c1-5-7-9-10-11-12-13-14-15-18-21-25-29-42(49)43(50)30-28-34-46(51)55-37-41(38-57-60(53,54)56-36-35-48)58-47(52)33-27-23-20-17-16-19-22-26-32-45-40(4)39(3)44(59-45)31-24-8-6-2/h7,9,11-12,14-15,21,25,41-43,49-50H,5-6,8,10,13,16-20,22-24,26-38,48H2,1-4H3,(H,53,54)/b9-7-,12-11-,15-14-,25-21-/t41-,42+,43+/m1/s1. The van der Waals surface area contributed by atoms with E-state index in [0.717, 1.165) is 95.0 Å². The molecule has 1 aromatic heterocycles. The van der Waals surface area contributed by atoms with Crippen LogP contribution in [0.15, 0.2) is 53.0 Å². The van der Waals surface area contributed by atoms with Crippen LogP contribution in [0.2, 0.25) is 0 Å². The summed E-state index contributed by atoms with van der Waals surface area (Å²) in [6.07, 6.45) is 31.4. The minimum Gasteiger partial charge on any atom is -0.466 e. The quantitative estimate of drug-likeness (QED) is 0.0213. The van der Waals surface area contributed by atoms with Crippen molar-refractivity contribution < 1.29 is 52.2 Å². The second kappa shape index (κ2) is 35.7. The number of rotatable bonds is 38. The van der Waals surface area contributed by atoms with Gasteiger partial charge in [-0.3, -0.25) is 18.6 Å². The largest absolute Gasteiger partial charge is 0.472 e. The van der Waals surface area contributed by atoms with Crippen molar-refractivity contribution in [2.24, 2.45) is 5.73 Å². The first-order valence-electron chi connectivity index (χ1n) is 22.6. The Morgan fingerprint density at radius 3 is 1.80 bits per heavy atom. The molecule has 0 saturated carbocycles. The molecular formula is C47H80NO11P. The normalized spacial score (nSPS) is 14.7. The number of carbonyl (C=O) groups excluding carboxylic acids is 2. The van der Waals surface area contributed by atoms with Crippen LogP contribution in [0.4, 0.5) is 0 Å². The minimum absolute atomic E-state index is 0.00530. The predicted octanol–water partition coefficient (Wildman–Crippen LogP) is 10.3. The monoisotopic (exact) mass is 866 g/mol. The number of aryl methyl sites for hydroxylation is 2. The van der Waals surface area contributed by atoms with E-state index in [9.17, 15) is 29.3 Å². The summed E-state index contributed by atoms with van der Waals surface area (Å²) in [5.41, 5.74) is 7.96. The molecule has 1 aromatic rings. The van der Waals surface area contributed by atoms with Crippen molar-refractivity contribution in [2.45, 2.75) is 187 Å². The van der Waals surface area contributed by atoms with Gasteiger partial charge in [0.15, 0.2) is 6.10 Å². The van der Waals surface area contributed by atoms with Crippen LogP contribution in [0, 0.1) is 13.8 Å². The highest BCUT2D eigenvalue weighted by Crippen LogP contribution is 2.43. The molecule has 0 bridgehead atoms. The molecule has 5 N–H and O–H groups in total. The van der Waals surface area contributed by atoms with Crippen molar-refractivity contribution in [3.05, 3.63) is 71.3 Å². The number of unbranched alkanes of at least 4 members (excludes halogenated alkanes) is 9. The maximum absolute atomic E-state index is 12.7. The van der Waals surface area contributed by atoms with E-state index in [1.807, 2.05) is 18.2 Å². The Morgan fingerprint density at radius 2 is 1.22 bits per heavy atom. The van der Waals surface area contributed by atoms with Crippen LogP contribution >= 0.6 is 7.82 Å². The lowest BCUT2D eigenvalue weighted by Gasteiger charge is -2.20. The van der Waals surface area contributed by atoms with Crippen molar-refractivity contribution >= 4 is 19.8 Å². The molecule has 60 heavy (non-hydrogen) atoms. The van der Waals surface area contributed by atoms with Gasteiger partial charge in [-0.05, 0) is 89.2 Å². The summed E-state index contributed by atoms with van der Waals surface area (Å²) in [5, 5.41) is 20.7. The Hall–Kier alpha value is -2.83. The SMILES string of the molecule is CC/C=C\C/C=C\C/C=C\C/C=C\C[C@H](O)[C@@H](O)CCCC(=O)OC[C@H](COP(=O)(O)OCCN)OC(=O)CCCCCCCCCCc1oc(CCCCC)c(C)c1C. The van der Waals surface area contributed by atoms with E-state index >= 15 is 0 Å². The van der Waals surface area contributed by atoms with Crippen LogP contribution in [0.1, 0.15) is 165 Å². The van der Waals surface area contributed by atoms with Gasteiger partial charge in [-0.2, -0.15) is 0 Å². The highest BCUT2D eigenvalue weighted by molar-refractivity contribution is 7.47. The number of nitrogens with two attached hydrogens (primary N) is 1. The van der Waals surface area contributed by atoms with E-state index < -0.39 is 51.3 Å². The van der Waals surface area contributed by atoms with Gasteiger partial charge >= 0.3 is 19.8 Å². The van der Waals surface area contributed by atoms with Gasteiger partial charge in [0.25, 0.3) is 0 Å². The molecule has 12 nitrogen and oxygen atoms in total. The molecule has 0 aliphatic carbocycles. The van der Waals surface area contributed by atoms with E-state index in [1.54, 1.807) is 0 Å². The number of aliphatic hydroxyl groups excluding tert-OH is 2. The zero-order valence-electron chi connectivity index (χ0n) is 37.4. The number of esters is 2. The Labute approximate surface area is 361 Å². The van der Waals surface area contributed by atoms with Crippen molar-refractivity contribution in [1.82, 2.24) is 0 Å². The van der Waals surface area contributed by atoms with Crippen LogP contribution in [0.3, 0.4) is 0 Å². The van der Waals surface area contributed by atoms with Gasteiger partial charge in [0.1, 0.15) is 18.1 Å². The van der Waals surface area contributed by atoms with Crippen LogP contribution in [-0.4, -0.2) is 71.7 Å². The topological polar surface area (TPSA) is 188 Å². The molecule has 13 heteroatoms. The average Bonchev–Trinajstić information content (AvgIpc) is 3.49. The Kier molecular flexibility index (Phi) is 32.9. The smallest absolute Gasteiger partial charge is 0.466 e. The van der Waals surface area contributed by atoms with Gasteiger partial charge < -0.3 is 34.7 Å². The molecule has 0 radical (unpaired) electrons. The molecule has 0 aromatic carbocycles.